The molecule has 0 radical (unpaired) electrons. The highest BCUT2D eigenvalue weighted by Gasteiger charge is 2.33. The second-order valence-electron chi connectivity index (χ2n) is 5.26. The Balaban J connectivity index is 2.09. The molecule has 1 saturated heterocycles. The first-order chi connectivity index (χ1) is 9.08. The SMILES string of the molecule is CC1(c2cncn2-c2cc(Cl)cc(Cl)c2)CCNC1. The molecule has 1 N–H and O–H groups in total. The zero-order valence-electron chi connectivity index (χ0n) is 10.7. The first-order valence-corrected chi connectivity index (χ1v) is 7.04. The average molecular weight is 296 g/mol. The van der Waals surface area contributed by atoms with Crippen molar-refractivity contribution in [1.82, 2.24) is 14.9 Å². The van der Waals surface area contributed by atoms with Crippen LogP contribution in [0.15, 0.2) is 30.7 Å². The van der Waals surface area contributed by atoms with Gasteiger partial charge in [-0.1, -0.05) is 30.1 Å². The summed E-state index contributed by atoms with van der Waals surface area (Å²) in [5.74, 6) is 0. The summed E-state index contributed by atoms with van der Waals surface area (Å²) in [6.07, 6.45) is 4.86. The molecule has 5 heteroatoms. The molecule has 0 saturated carbocycles. The van der Waals surface area contributed by atoms with Gasteiger partial charge in [0, 0.05) is 39.6 Å². The van der Waals surface area contributed by atoms with E-state index in [1.54, 1.807) is 6.07 Å². The molecule has 1 aromatic carbocycles. The molecule has 3 nitrogen and oxygen atoms in total. The van der Waals surface area contributed by atoms with Crippen LogP contribution in [0.4, 0.5) is 0 Å². The maximum atomic E-state index is 6.08. The summed E-state index contributed by atoms with van der Waals surface area (Å²) in [6.45, 7) is 4.26. The standard InChI is InChI=1S/C14H15Cl2N3/c1-14(2-3-17-8-14)13-7-18-9-19(13)12-5-10(15)4-11(16)6-12/h4-7,9,17H,2-3,8H2,1H3. The second kappa shape index (κ2) is 4.82. The highest BCUT2D eigenvalue weighted by molar-refractivity contribution is 6.34. The van der Waals surface area contributed by atoms with Gasteiger partial charge in [0.15, 0.2) is 0 Å². The van der Waals surface area contributed by atoms with Gasteiger partial charge in [-0.25, -0.2) is 4.98 Å². The monoisotopic (exact) mass is 295 g/mol. The summed E-state index contributed by atoms with van der Waals surface area (Å²) in [7, 11) is 0. The van der Waals surface area contributed by atoms with Crippen LogP contribution in [0.1, 0.15) is 19.0 Å². The minimum Gasteiger partial charge on any atom is -0.316 e. The van der Waals surface area contributed by atoms with E-state index < -0.39 is 0 Å². The third-order valence-electron chi connectivity index (χ3n) is 3.75. The van der Waals surface area contributed by atoms with Gasteiger partial charge in [0.05, 0.1) is 6.33 Å². The van der Waals surface area contributed by atoms with E-state index in [9.17, 15) is 0 Å². The third kappa shape index (κ3) is 2.38. The Hall–Kier alpha value is -1.03. The van der Waals surface area contributed by atoms with Gasteiger partial charge in [0.2, 0.25) is 0 Å². The van der Waals surface area contributed by atoms with Crippen molar-refractivity contribution in [3.63, 3.8) is 0 Å². The van der Waals surface area contributed by atoms with Gasteiger partial charge in [0.1, 0.15) is 0 Å². The molecule has 1 aromatic heterocycles. The second-order valence-corrected chi connectivity index (χ2v) is 6.14. The normalized spacial score (nSPS) is 22.9. The minimum absolute atomic E-state index is 0.102. The molecule has 1 unspecified atom stereocenters. The fraction of sp³-hybridized carbons (Fsp3) is 0.357. The number of benzene rings is 1. The molecule has 0 aliphatic carbocycles. The van der Waals surface area contributed by atoms with Crippen LogP contribution in [0.2, 0.25) is 10.0 Å². The molecule has 1 atom stereocenters. The molecule has 0 bridgehead atoms. The summed E-state index contributed by atoms with van der Waals surface area (Å²) in [6, 6.07) is 5.55. The topological polar surface area (TPSA) is 29.9 Å². The molecule has 19 heavy (non-hydrogen) atoms. The van der Waals surface area contributed by atoms with Gasteiger partial charge >= 0.3 is 0 Å². The average Bonchev–Trinajstić information content (AvgIpc) is 2.96. The van der Waals surface area contributed by atoms with Crippen molar-refractivity contribution in [2.45, 2.75) is 18.8 Å². The molecule has 3 rings (SSSR count). The molecular formula is C14H15Cl2N3. The first kappa shape index (κ1) is 13.0. The molecule has 1 aliphatic rings. The smallest absolute Gasteiger partial charge is 0.0994 e. The quantitative estimate of drug-likeness (QED) is 0.920. The Bertz CT molecular complexity index is 580. The summed E-state index contributed by atoms with van der Waals surface area (Å²) in [5, 5.41) is 4.68. The first-order valence-electron chi connectivity index (χ1n) is 6.28. The Morgan fingerprint density at radius 1 is 1.26 bits per heavy atom. The predicted molar refractivity (Wildman–Crippen MR) is 78.4 cm³/mol. The van der Waals surface area contributed by atoms with Gasteiger partial charge in [-0.15, -0.1) is 0 Å². The van der Waals surface area contributed by atoms with Crippen molar-refractivity contribution in [2.75, 3.05) is 13.1 Å². The predicted octanol–water partition coefficient (Wildman–Crippen LogP) is 3.43. The van der Waals surface area contributed by atoms with Crippen LogP contribution in [0.3, 0.4) is 0 Å². The number of hydrogen-bond donors (Lipinski definition) is 1. The molecule has 100 valence electrons. The molecule has 2 heterocycles. The lowest BCUT2D eigenvalue weighted by Gasteiger charge is -2.24. The Labute approximate surface area is 122 Å². The number of hydrogen-bond acceptors (Lipinski definition) is 2. The van der Waals surface area contributed by atoms with Crippen molar-refractivity contribution < 1.29 is 0 Å². The summed E-state index contributed by atoms with van der Waals surface area (Å²) < 4.78 is 2.07. The Kier molecular flexibility index (Phi) is 3.29. The van der Waals surface area contributed by atoms with Crippen LogP contribution in [0.5, 0.6) is 0 Å². The number of nitrogens with zero attached hydrogens (tertiary/aromatic N) is 2. The van der Waals surface area contributed by atoms with Gasteiger partial charge in [-0.05, 0) is 31.2 Å². The molecule has 1 aliphatic heterocycles. The molecule has 1 fully saturated rings. The highest BCUT2D eigenvalue weighted by atomic mass is 35.5. The van der Waals surface area contributed by atoms with Crippen LogP contribution in [0.25, 0.3) is 5.69 Å². The Morgan fingerprint density at radius 3 is 2.63 bits per heavy atom. The maximum Gasteiger partial charge on any atom is 0.0994 e. The van der Waals surface area contributed by atoms with E-state index in [1.165, 1.54) is 5.69 Å². The minimum atomic E-state index is 0.102. The van der Waals surface area contributed by atoms with Crippen molar-refractivity contribution in [3.8, 4) is 5.69 Å². The van der Waals surface area contributed by atoms with Crippen LogP contribution in [0, 0.1) is 0 Å². The van der Waals surface area contributed by atoms with Crippen LogP contribution < -0.4 is 5.32 Å². The van der Waals surface area contributed by atoms with Crippen molar-refractivity contribution >= 4 is 23.2 Å². The number of imidazole rings is 1. The van der Waals surface area contributed by atoms with Gasteiger partial charge in [0.25, 0.3) is 0 Å². The number of aromatic nitrogens is 2. The van der Waals surface area contributed by atoms with Crippen LogP contribution in [-0.4, -0.2) is 22.6 Å². The van der Waals surface area contributed by atoms with E-state index >= 15 is 0 Å². The van der Waals surface area contributed by atoms with E-state index in [-0.39, 0.29) is 5.41 Å². The maximum absolute atomic E-state index is 6.08. The van der Waals surface area contributed by atoms with Crippen molar-refractivity contribution in [1.29, 1.82) is 0 Å². The lowest BCUT2D eigenvalue weighted by atomic mass is 9.86. The van der Waals surface area contributed by atoms with E-state index in [1.807, 2.05) is 24.7 Å². The summed E-state index contributed by atoms with van der Waals surface area (Å²) in [5.41, 5.74) is 2.25. The van der Waals surface area contributed by atoms with E-state index in [4.69, 9.17) is 23.2 Å². The highest BCUT2D eigenvalue weighted by Crippen LogP contribution is 2.32. The largest absolute Gasteiger partial charge is 0.316 e. The third-order valence-corrected chi connectivity index (χ3v) is 4.19. The molecular weight excluding hydrogens is 281 g/mol. The van der Waals surface area contributed by atoms with E-state index in [0.717, 1.165) is 25.2 Å². The zero-order chi connectivity index (χ0) is 13.5. The van der Waals surface area contributed by atoms with Gasteiger partial charge in [-0.2, -0.15) is 0 Å². The lowest BCUT2D eigenvalue weighted by molar-refractivity contribution is 0.499. The van der Waals surface area contributed by atoms with E-state index in [2.05, 4.69) is 21.8 Å². The van der Waals surface area contributed by atoms with Gasteiger partial charge < -0.3 is 9.88 Å². The number of halogens is 2. The van der Waals surface area contributed by atoms with Crippen molar-refractivity contribution in [3.05, 3.63) is 46.5 Å². The lowest BCUT2D eigenvalue weighted by Crippen LogP contribution is -2.27. The van der Waals surface area contributed by atoms with Crippen molar-refractivity contribution in [2.24, 2.45) is 0 Å². The zero-order valence-corrected chi connectivity index (χ0v) is 12.2. The Morgan fingerprint density at radius 2 is 2.00 bits per heavy atom. The summed E-state index contributed by atoms with van der Waals surface area (Å²) in [4.78, 5) is 4.30. The molecule has 0 spiro atoms. The fourth-order valence-electron chi connectivity index (χ4n) is 2.66. The fourth-order valence-corrected chi connectivity index (χ4v) is 3.18. The number of rotatable bonds is 2. The molecule has 0 amide bonds. The van der Waals surface area contributed by atoms with Crippen LogP contribution in [-0.2, 0) is 5.41 Å². The van der Waals surface area contributed by atoms with Gasteiger partial charge in [-0.3, -0.25) is 0 Å². The van der Waals surface area contributed by atoms with Crippen LogP contribution >= 0.6 is 23.2 Å². The summed E-state index contributed by atoms with van der Waals surface area (Å²) >= 11 is 12.2. The number of nitrogens with one attached hydrogen (secondary N) is 1. The van der Waals surface area contributed by atoms with E-state index in [0.29, 0.717) is 10.0 Å². The molecule has 2 aromatic rings.